The number of aliphatic hydroxyl groups excluding tert-OH is 1. The number of anilines is 3. The zero-order valence-corrected chi connectivity index (χ0v) is 18.1. The van der Waals surface area contributed by atoms with Crippen molar-refractivity contribution in [3.63, 3.8) is 0 Å². The highest BCUT2D eigenvalue weighted by Crippen LogP contribution is 2.28. The molecular formula is C23H27N7O3. The van der Waals surface area contributed by atoms with Crippen molar-refractivity contribution in [2.24, 2.45) is 5.73 Å². The Kier molecular flexibility index (Phi) is 7.08. The van der Waals surface area contributed by atoms with E-state index < -0.39 is 5.91 Å². The quantitative estimate of drug-likeness (QED) is 0.415. The molecule has 33 heavy (non-hydrogen) atoms. The number of ether oxygens (including phenoxy) is 1. The lowest BCUT2D eigenvalue weighted by Crippen LogP contribution is -2.48. The average molecular weight is 450 g/mol. The number of hydrogen-bond donors (Lipinski definition) is 4. The lowest BCUT2D eigenvalue weighted by molar-refractivity contribution is 0.0728. The Morgan fingerprint density at radius 2 is 2.06 bits per heavy atom. The summed E-state index contributed by atoms with van der Waals surface area (Å²) >= 11 is 0. The van der Waals surface area contributed by atoms with E-state index in [1.54, 1.807) is 24.7 Å². The number of carbonyl (C=O) groups is 1. The number of hydrogen-bond acceptors (Lipinski definition) is 9. The normalized spacial score (nSPS) is 15.9. The van der Waals surface area contributed by atoms with Gasteiger partial charge in [0, 0.05) is 18.3 Å². The summed E-state index contributed by atoms with van der Waals surface area (Å²) in [7, 11) is 0. The molecule has 6 N–H and O–H groups in total. The summed E-state index contributed by atoms with van der Waals surface area (Å²) in [5.41, 5.74) is 15.3. The van der Waals surface area contributed by atoms with Gasteiger partial charge in [0.15, 0.2) is 11.5 Å². The summed E-state index contributed by atoms with van der Waals surface area (Å²) in [4.78, 5) is 27.9. The van der Waals surface area contributed by atoms with Gasteiger partial charge in [-0.25, -0.2) is 9.97 Å². The van der Waals surface area contributed by atoms with E-state index in [-0.39, 0.29) is 24.2 Å². The first-order chi connectivity index (χ1) is 16.1. The topological polar surface area (TPSA) is 153 Å². The minimum Gasteiger partial charge on any atom is -0.394 e. The van der Waals surface area contributed by atoms with Crippen LogP contribution in [0, 0.1) is 0 Å². The SMILES string of the molecule is NCCc1ccc(-c2cnc(N)c(C(=O)Nc3cnccc3N3CCOCC3CO)n2)cc1. The number of nitrogens with zero attached hydrogens (tertiary/aromatic N) is 4. The molecule has 172 valence electrons. The van der Waals surface area contributed by atoms with Crippen LogP contribution < -0.4 is 21.7 Å². The monoisotopic (exact) mass is 449 g/mol. The van der Waals surface area contributed by atoms with Crippen molar-refractivity contribution in [2.75, 3.05) is 48.9 Å². The van der Waals surface area contributed by atoms with E-state index in [0.29, 0.717) is 37.7 Å². The number of nitrogens with one attached hydrogen (secondary N) is 1. The van der Waals surface area contributed by atoms with Gasteiger partial charge in [-0.15, -0.1) is 0 Å². The average Bonchev–Trinajstić information content (AvgIpc) is 2.85. The van der Waals surface area contributed by atoms with Crippen LogP contribution in [0.5, 0.6) is 0 Å². The molecule has 1 saturated heterocycles. The maximum absolute atomic E-state index is 13.1. The fourth-order valence-corrected chi connectivity index (χ4v) is 3.75. The van der Waals surface area contributed by atoms with Crippen molar-refractivity contribution in [3.8, 4) is 11.3 Å². The number of carbonyl (C=O) groups excluding carboxylic acids is 1. The molecule has 1 amide bonds. The van der Waals surface area contributed by atoms with Crippen LogP contribution in [0.15, 0.2) is 48.9 Å². The predicted molar refractivity (Wildman–Crippen MR) is 126 cm³/mol. The predicted octanol–water partition coefficient (Wildman–Crippen LogP) is 1.07. The number of amides is 1. The molecule has 1 atom stereocenters. The molecule has 10 heteroatoms. The third-order valence-corrected chi connectivity index (χ3v) is 5.49. The van der Waals surface area contributed by atoms with E-state index in [9.17, 15) is 9.90 Å². The number of nitrogen functional groups attached to an aromatic ring is 1. The van der Waals surface area contributed by atoms with Crippen LogP contribution in [0.2, 0.25) is 0 Å². The Morgan fingerprint density at radius 3 is 2.82 bits per heavy atom. The highest BCUT2D eigenvalue weighted by atomic mass is 16.5. The van der Waals surface area contributed by atoms with Crippen LogP contribution in [-0.4, -0.2) is 64.9 Å². The zero-order chi connectivity index (χ0) is 23.2. The van der Waals surface area contributed by atoms with Crippen molar-refractivity contribution >= 4 is 23.1 Å². The van der Waals surface area contributed by atoms with E-state index in [0.717, 1.165) is 23.2 Å². The molecular weight excluding hydrogens is 422 g/mol. The van der Waals surface area contributed by atoms with Gasteiger partial charge in [0.05, 0.1) is 55.3 Å². The second kappa shape index (κ2) is 10.3. The minimum absolute atomic E-state index is 0.0222. The third-order valence-electron chi connectivity index (χ3n) is 5.49. The summed E-state index contributed by atoms with van der Waals surface area (Å²) in [6.07, 6.45) is 5.52. The van der Waals surface area contributed by atoms with Crippen LogP contribution in [0.4, 0.5) is 17.2 Å². The largest absolute Gasteiger partial charge is 0.394 e. The first kappa shape index (κ1) is 22.6. The summed E-state index contributed by atoms with van der Waals surface area (Å²) in [5, 5.41) is 12.6. The number of nitrogens with two attached hydrogens (primary N) is 2. The van der Waals surface area contributed by atoms with Crippen molar-refractivity contribution in [3.05, 3.63) is 60.2 Å². The van der Waals surface area contributed by atoms with Crippen LogP contribution in [0.25, 0.3) is 11.3 Å². The van der Waals surface area contributed by atoms with Gasteiger partial charge in [-0.3, -0.25) is 9.78 Å². The van der Waals surface area contributed by atoms with Crippen LogP contribution in [0.1, 0.15) is 16.1 Å². The van der Waals surface area contributed by atoms with Crippen LogP contribution in [0.3, 0.4) is 0 Å². The molecule has 1 aliphatic heterocycles. The lowest BCUT2D eigenvalue weighted by atomic mass is 10.1. The van der Waals surface area contributed by atoms with Gasteiger partial charge in [0.25, 0.3) is 5.91 Å². The number of aromatic nitrogens is 3. The molecule has 1 fully saturated rings. The molecule has 2 aromatic heterocycles. The maximum atomic E-state index is 13.1. The first-order valence-corrected chi connectivity index (χ1v) is 10.7. The minimum atomic E-state index is -0.496. The van der Waals surface area contributed by atoms with Crippen molar-refractivity contribution in [2.45, 2.75) is 12.5 Å². The Bertz CT molecular complexity index is 1110. The molecule has 3 heterocycles. The number of morpholine rings is 1. The van der Waals surface area contributed by atoms with Gasteiger partial charge in [0.2, 0.25) is 0 Å². The van der Waals surface area contributed by atoms with Gasteiger partial charge in [-0.05, 0) is 24.6 Å². The highest BCUT2D eigenvalue weighted by molar-refractivity contribution is 6.07. The van der Waals surface area contributed by atoms with Gasteiger partial charge in [0.1, 0.15) is 0 Å². The molecule has 10 nitrogen and oxygen atoms in total. The summed E-state index contributed by atoms with van der Waals surface area (Å²) < 4.78 is 5.46. The summed E-state index contributed by atoms with van der Waals surface area (Å²) in [5.74, 6) is -0.467. The van der Waals surface area contributed by atoms with E-state index in [2.05, 4.69) is 20.3 Å². The smallest absolute Gasteiger partial charge is 0.278 e. The number of pyridine rings is 1. The standard InChI is InChI=1S/C23H27N7O3/c24-7-5-15-1-3-16(4-2-15)18-12-27-22(25)21(28-18)23(32)29-19-11-26-8-6-20(19)30-9-10-33-14-17(30)13-31/h1-4,6,8,11-12,17,31H,5,7,9-10,13-14,24H2,(H2,25,27)(H,29,32). The van der Waals surface area contributed by atoms with Gasteiger partial charge in [-0.1, -0.05) is 24.3 Å². The number of benzene rings is 1. The van der Waals surface area contributed by atoms with Gasteiger partial charge in [-0.2, -0.15) is 0 Å². The van der Waals surface area contributed by atoms with Gasteiger partial charge >= 0.3 is 0 Å². The molecule has 0 bridgehead atoms. The Morgan fingerprint density at radius 1 is 1.24 bits per heavy atom. The van der Waals surface area contributed by atoms with E-state index in [4.69, 9.17) is 16.2 Å². The maximum Gasteiger partial charge on any atom is 0.278 e. The fraction of sp³-hybridized carbons (Fsp3) is 0.304. The summed E-state index contributed by atoms with van der Waals surface area (Å²) in [6, 6.07) is 9.35. The highest BCUT2D eigenvalue weighted by Gasteiger charge is 2.25. The molecule has 0 radical (unpaired) electrons. The molecule has 4 rings (SSSR count). The second-order valence-electron chi connectivity index (χ2n) is 7.68. The molecule has 0 spiro atoms. The Balaban J connectivity index is 1.59. The van der Waals surface area contributed by atoms with Crippen LogP contribution in [-0.2, 0) is 11.2 Å². The van der Waals surface area contributed by atoms with Crippen LogP contribution >= 0.6 is 0 Å². The molecule has 1 unspecified atom stereocenters. The van der Waals surface area contributed by atoms with Crippen molar-refractivity contribution in [1.29, 1.82) is 0 Å². The van der Waals surface area contributed by atoms with Crippen molar-refractivity contribution in [1.82, 2.24) is 15.0 Å². The Hall–Kier alpha value is -3.60. The fourth-order valence-electron chi connectivity index (χ4n) is 3.75. The molecule has 1 aromatic carbocycles. The summed E-state index contributed by atoms with van der Waals surface area (Å²) in [6.45, 7) is 2.01. The first-order valence-electron chi connectivity index (χ1n) is 10.7. The van der Waals surface area contributed by atoms with E-state index >= 15 is 0 Å². The Labute approximate surface area is 191 Å². The molecule has 0 saturated carbocycles. The van der Waals surface area contributed by atoms with E-state index in [1.165, 1.54) is 0 Å². The second-order valence-corrected chi connectivity index (χ2v) is 7.68. The third kappa shape index (κ3) is 5.08. The number of rotatable bonds is 7. The zero-order valence-electron chi connectivity index (χ0n) is 18.1. The molecule has 1 aliphatic rings. The van der Waals surface area contributed by atoms with E-state index in [1.807, 2.05) is 29.2 Å². The number of aliphatic hydroxyl groups is 1. The molecule has 0 aliphatic carbocycles. The van der Waals surface area contributed by atoms with Gasteiger partial charge < -0.3 is 31.5 Å². The lowest BCUT2D eigenvalue weighted by Gasteiger charge is -2.37. The molecule has 3 aromatic rings. The van der Waals surface area contributed by atoms with Crippen molar-refractivity contribution < 1.29 is 14.6 Å².